The van der Waals surface area contributed by atoms with Crippen molar-refractivity contribution in [2.75, 3.05) is 0 Å². The third-order valence-electron chi connectivity index (χ3n) is 2.68. The first-order valence-electron chi connectivity index (χ1n) is 6.08. The largest absolute Gasteiger partial charge is 0.390 e. The quantitative estimate of drug-likeness (QED) is 0.914. The number of para-hydroxylation sites is 1. The Hall–Kier alpha value is -1.96. The summed E-state index contributed by atoms with van der Waals surface area (Å²) in [5.41, 5.74) is 0.762. The molecular formula is C12H14F3N5. The second kappa shape index (κ2) is 6.00. The number of nitrogens with one attached hydrogen (secondary N) is 1. The van der Waals surface area contributed by atoms with E-state index in [4.69, 9.17) is 0 Å². The standard InChI is InChI=1S/C12H14F3N5/c1-9(7-12(13,14)15)16-8-11-17-18-19-20(11)10-5-3-2-4-6-10/h2-6,9,16H,7-8H2,1H3. The predicted molar refractivity (Wildman–Crippen MR) is 66.1 cm³/mol. The van der Waals surface area contributed by atoms with Crippen molar-refractivity contribution < 1.29 is 13.2 Å². The lowest BCUT2D eigenvalue weighted by Gasteiger charge is -2.15. The van der Waals surface area contributed by atoms with E-state index < -0.39 is 18.6 Å². The third-order valence-corrected chi connectivity index (χ3v) is 2.68. The van der Waals surface area contributed by atoms with Gasteiger partial charge in [-0.25, -0.2) is 0 Å². The minimum atomic E-state index is -4.18. The summed E-state index contributed by atoms with van der Waals surface area (Å²) < 4.78 is 38.2. The monoisotopic (exact) mass is 285 g/mol. The van der Waals surface area contributed by atoms with Crippen LogP contribution in [0.4, 0.5) is 13.2 Å². The van der Waals surface area contributed by atoms with Crippen LogP contribution in [0.3, 0.4) is 0 Å². The molecule has 1 N–H and O–H groups in total. The third kappa shape index (κ3) is 4.02. The minimum Gasteiger partial charge on any atom is -0.307 e. The molecule has 8 heteroatoms. The average molecular weight is 285 g/mol. The summed E-state index contributed by atoms with van der Waals surface area (Å²) in [7, 11) is 0. The highest BCUT2D eigenvalue weighted by Gasteiger charge is 2.29. The summed E-state index contributed by atoms with van der Waals surface area (Å²) in [4.78, 5) is 0. The van der Waals surface area contributed by atoms with Crippen LogP contribution in [0.5, 0.6) is 0 Å². The van der Waals surface area contributed by atoms with E-state index in [0.29, 0.717) is 5.82 Å². The van der Waals surface area contributed by atoms with Gasteiger partial charge in [0, 0.05) is 6.04 Å². The van der Waals surface area contributed by atoms with E-state index in [-0.39, 0.29) is 6.54 Å². The molecule has 0 aliphatic rings. The Kier molecular flexibility index (Phi) is 4.33. The topological polar surface area (TPSA) is 55.6 Å². The van der Waals surface area contributed by atoms with Crippen molar-refractivity contribution in [1.29, 1.82) is 0 Å². The van der Waals surface area contributed by atoms with Gasteiger partial charge in [0.15, 0.2) is 5.82 Å². The number of hydrogen-bond acceptors (Lipinski definition) is 4. The Labute approximate surface area is 113 Å². The molecule has 0 fully saturated rings. The van der Waals surface area contributed by atoms with Gasteiger partial charge in [0.1, 0.15) is 0 Å². The second-order valence-corrected chi connectivity index (χ2v) is 4.44. The number of benzene rings is 1. The summed E-state index contributed by atoms with van der Waals surface area (Å²) in [5, 5.41) is 14.0. The van der Waals surface area contributed by atoms with Gasteiger partial charge in [0.25, 0.3) is 0 Å². The van der Waals surface area contributed by atoms with Crippen molar-refractivity contribution in [2.24, 2.45) is 0 Å². The Morgan fingerprint density at radius 1 is 1.25 bits per heavy atom. The molecule has 1 aromatic heterocycles. The van der Waals surface area contributed by atoms with E-state index in [9.17, 15) is 13.2 Å². The molecule has 0 aliphatic heterocycles. The summed E-state index contributed by atoms with van der Waals surface area (Å²) in [6, 6.07) is 8.46. The van der Waals surface area contributed by atoms with Crippen molar-refractivity contribution in [3.05, 3.63) is 36.2 Å². The molecule has 1 unspecified atom stereocenters. The molecule has 0 amide bonds. The first-order chi connectivity index (χ1) is 9.46. The SMILES string of the molecule is CC(CC(F)(F)F)NCc1nnnn1-c1ccccc1. The van der Waals surface area contributed by atoms with Crippen LogP contribution in [-0.2, 0) is 6.54 Å². The number of tetrazole rings is 1. The molecule has 0 spiro atoms. The van der Waals surface area contributed by atoms with Crippen LogP contribution in [-0.4, -0.2) is 32.4 Å². The van der Waals surface area contributed by atoms with E-state index in [1.165, 1.54) is 11.6 Å². The lowest BCUT2D eigenvalue weighted by Crippen LogP contribution is -2.31. The Morgan fingerprint density at radius 2 is 1.95 bits per heavy atom. The molecule has 1 aromatic carbocycles. The number of hydrogen-bond donors (Lipinski definition) is 1. The molecule has 0 saturated heterocycles. The van der Waals surface area contributed by atoms with E-state index in [1.54, 1.807) is 0 Å². The molecule has 5 nitrogen and oxygen atoms in total. The van der Waals surface area contributed by atoms with E-state index >= 15 is 0 Å². The highest BCUT2D eigenvalue weighted by Crippen LogP contribution is 2.21. The molecule has 0 saturated carbocycles. The summed E-state index contributed by atoms with van der Waals surface area (Å²) in [5.74, 6) is 0.463. The molecule has 20 heavy (non-hydrogen) atoms. The van der Waals surface area contributed by atoms with Crippen molar-refractivity contribution in [3.63, 3.8) is 0 Å². The van der Waals surface area contributed by atoms with Gasteiger partial charge in [-0.15, -0.1) is 5.10 Å². The lowest BCUT2D eigenvalue weighted by atomic mass is 10.2. The van der Waals surface area contributed by atoms with E-state index in [0.717, 1.165) is 5.69 Å². The van der Waals surface area contributed by atoms with Gasteiger partial charge in [-0.1, -0.05) is 18.2 Å². The molecular weight excluding hydrogens is 271 g/mol. The zero-order valence-electron chi connectivity index (χ0n) is 10.8. The maximum Gasteiger partial charge on any atom is 0.390 e. The van der Waals surface area contributed by atoms with Crippen LogP contribution in [0.1, 0.15) is 19.2 Å². The lowest BCUT2D eigenvalue weighted by molar-refractivity contribution is -0.139. The molecule has 2 rings (SSSR count). The highest BCUT2D eigenvalue weighted by atomic mass is 19.4. The van der Waals surface area contributed by atoms with Gasteiger partial charge in [0.2, 0.25) is 0 Å². The van der Waals surface area contributed by atoms with Crippen LogP contribution in [0.25, 0.3) is 5.69 Å². The fourth-order valence-electron chi connectivity index (χ4n) is 1.77. The van der Waals surface area contributed by atoms with Gasteiger partial charge in [-0.3, -0.25) is 0 Å². The molecule has 2 aromatic rings. The first-order valence-corrected chi connectivity index (χ1v) is 6.08. The maximum atomic E-state index is 12.2. The van der Waals surface area contributed by atoms with E-state index in [2.05, 4.69) is 20.8 Å². The predicted octanol–water partition coefficient (Wildman–Crippen LogP) is 2.09. The molecule has 0 aliphatic carbocycles. The van der Waals surface area contributed by atoms with Crippen LogP contribution in [0.15, 0.2) is 30.3 Å². The molecule has 1 heterocycles. The summed E-state index contributed by atoms with van der Waals surface area (Å²) in [6.45, 7) is 1.64. The van der Waals surface area contributed by atoms with Crippen LogP contribution in [0.2, 0.25) is 0 Å². The van der Waals surface area contributed by atoms with Crippen molar-refractivity contribution in [3.8, 4) is 5.69 Å². The number of halogens is 3. The van der Waals surface area contributed by atoms with Crippen LogP contribution in [0, 0.1) is 0 Å². The number of rotatable bonds is 5. The van der Waals surface area contributed by atoms with Gasteiger partial charge in [0.05, 0.1) is 18.7 Å². The van der Waals surface area contributed by atoms with Crippen LogP contribution < -0.4 is 5.32 Å². The van der Waals surface area contributed by atoms with Crippen molar-refractivity contribution in [1.82, 2.24) is 25.5 Å². The van der Waals surface area contributed by atoms with Crippen LogP contribution >= 0.6 is 0 Å². The van der Waals surface area contributed by atoms with Crippen molar-refractivity contribution >= 4 is 0 Å². The fraction of sp³-hybridized carbons (Fsp3) is 0.417. The Bertz CT molecular complexity index is 538. The summed E-state index contributed by atoms with van der Waals surface area (Å²) in [6.07, 6.45) is -5.07. The normalized spacial score (nSPS) is 13.4. The van der Waals surface area contributed by atoms with Gasteiger partial charge in [-0.05, 0) is 29.5 Å². The first kappa shape index (κ1) is 14.4. The smallest absolute Gasteiger partial charge is 0.307 e. The average Bonchev–Trinajstić information content (AvgIpc) is 2.83. The highest BCUT2D eigenvalue weighted by molar-refractivity contribution is 5.30. The van der Waals surface area contributed by atoms with Gasteiger partial charge >= 0.3 is 6.18 Å². The second-order valence-electron chi connectivity index (χ2n) is 4.44. The summed E-state index contributed by atoms with van der Waals surface area (Å²) >= 11 is 0. The Balaban J connectivity index is 2.00. The van der Waals surface area contributed by atoms with E-state index in [1.807, 2.05) is 30.3 Å². The number of aromatic nitrogens is 4. The zero-order chi connectivity index (χ0) is 14.6. The molecule has 1 atom stereocenters. The maximum absolute atomic E-state index is 12.2. The van der Waals surface area contributed by atoms with Gasteiger partial charge < -0.3 is 5.32 Å². The molecule has 108 valence electrons. The molecule has 0 radical (unpaired) electrons. The zero-order valence-corrected chi connectivity index (χ0v) is 10.8. The Morgan fingerprint density at radius 3 is 2.60 bits per heavy atom. The minimum absolute atomic E-state index is 0.166. The van der Waals surface area contributed by atoms with Gasteiger partial charge in [-0.2, -0.15) is 17.9 Å². The van der Waals surface area contributed by atoms with Crippen molar-refractivity contribution in [2.45, 2.75) is 32.1 Å². The number of alkyl halides is 3. The fourth-order valence-corrected chi connectivity index (χ4v) is 1.77. The number of nitrogens with zero attached hydrogens (tertiary/aromatic N) is 4. The molecule has 0 bridgehead atoms.